The van der Waals surface area contributed by atoms with Crippen LogP contribution in [0.4, 0.5) is 17.6 Å². The number of rotatable bonds is 2. The lowest BCUT2D eigenvalue weighted by molar-refractivity contribution is -0.274. The number of benzene rings is 1. The molecule has 0 unspecified atom stereocenters. The molecule has 0 radical (unpaired) electrons. The Bertz CT molecular complexity index is 515. The highest BCUT2D eigenvalue weighted by atomic mass is 35.5. The number of hydrogen-bond acceptors (Lipinski definition) is 2. The first kappa shape index (κ1) is 15.6. The van der Waals surface area contributed by atoms with Gasteiger partial charge in [0.2, 0.25) is 0 Å². The summed E-state index contributed by atoms with van der Waals surface area (Å²) in [6.07, 6.45) is -5.15. The van der Waals surface area contributed by atoms with Gasteiger partial charge in [-0.1, -0.05) is 46.4 Å². The van der Waals surface area contributed by atoms with E-state index in [-0.39, 0.29) is 0 Å². The molecule has 0 spiro atoms. The molecule has 1 rings (SSSR count). The monoisotopic (exact) mass is 344 g/mol. The molecule has 1 aromatic carbocycles. The van der Waals surface area contributed by atoms with Crippen LogP contribution in [0.5, 0.6) is 5.75 Å². The highest BCUT2D eigenvalue weighted by Gasteiger charge is 2.36. The van der Waals surface area contributed by atoms with Gasteiger partial charge in [0.1, 0.15) is 5.02 Å². The zero-order valence-electron chi connectivity index (χ0n) is 7.84. The van der Waals surface area contributed by atoms with Gasteiger partial charge in [0, 0.05) is 0 Å². The van der Waals surface area contributed by atoms with Crippen molar-refractivity contribution < 1.29 is 27.1 Å². The van der Waals surface area contributed by atoms with Gasteiger partial charge in [0.05, 0.1) is 20.6 Å². The summed E-state index contributed by atoms with van der Waals surface area (Å²) in [5.41, 5.74) is -1.05. The molecule has 0 amide bonds. The lowest BCUT2D eigenvalue weighted by Crippen LogP contribution is -2.18. The van der Waals surface area contributed by atoms with Crippen molar-refractivity contribution >= 4 is 52.4 Å². The van der Waals surface area contributed by atoms with Gasteiger partial charge in [-0.2, -0.15) is 4.39 Å². The van der Waals surface area contributed by atoms with Crippen LogP contribution in [0, 0.1) is 0 Å². The predicted molar refractivity (Wildman–Crippen MR) is 58.6 cm³/mol. The number of hydrogen-bond donors (Lipinski definition) is 0. The van der Waals surface area contributed by atoms with Gasteiger partial charge >= 0.3 is 12.4 Å². The van der Waals surface area contributed by atoms with Crippen molar-refractivity contribution in [2.75, 3.05) is 0 Å². The van der Waals surface area contributed by atoms with Gasteiger partial charge in [-0.05, 0) is 0 Å². The molecule has 18 heavy (non-hydrogen) atoms. The Morgan fingerprint density at radius 1 is 0.944 bits per heavy atom. The van der Waals surface area contributed by atoms with E-state index in [2.05, 4.69) is 4.74 Å². The van der Waals surface area contributed by atoms with Crippen LogP contribution in [0.15, 0.2) is 0 Å². The minimum Gasteiger partial charge on any atom is -0.403 e. The summed E-state index contributed by atoms with van der Waals surface area (Å²) < 4.78 is 52.3. The third-order valence-electron chi connectivity index (χ3n) is 1.64. The van der Waals surface area contributed by atoms with E-state index in [9.17, 15) is 22.4 Å². The molecule has 2 nitrogen and oxygen atoms in total. The van der Waals surface area contributed by atoms with Crippen molar-refractivity contribution in [3.8, 4) is 5.75 Å². The second-order valence-electron chi connectivity index (χ2n) is 2.78. The molecule has 0 saturated carbocycles. The van der Waals surface area contributed by atoms with Crippen LogP contribution in [0.3, 0.4) is 0 Å². The first-order valence-electron chi connectivity index (χ1n) is 3.87. The quantitative estimate of drug-likeness (QED) is 0.314. The second-order valence-corrected chi connectivity index (χ2v) is 4.29. The Morgan fingerprint density at radius 3 is 1.83 bits per heavy atom. The Balaban J connectivity index is 3.57. The Kier molecular flexibility index (Phi) is 4.59. The van der Waals surface area contributed by atoms with Gasteiger partial charge in [0.25, 0.3) is 0 Å². The third-order valence-corrected chi connectivity index (χ3v) is 3.31. The van der Waals surface area contributed by atoms with Gasteiger partial charge in [0.15, 0.2) is 5.75 Å². The Hall–Kier alpha value is -0.430. The lowest BCUT2D eigenvalue weighted by atomic mass is 10.2. The zero-order chi connectivity index (χ0) is 14.2. The zero-order valence-corrected chi connectivity index (χ0v) is 10.9. The van der Waals surface area contributed by atoms with E-state index < -0.39 is 43.8 Å². The van der Waals surface area contributed by atoms with E-state index in [1.54, 1.807) is 0 Å². The van der Waals surface area contributed by atoms with E-state index in [0.717, 1.165) is 0 Å². The van der Waals surface area contributed by atoms with Gasteiger partial charge < -0.3 is 4.74 Å². The van der Waals surface area contributed by atoms with Crippen molar-refractivity contribution in [3.05, 3.63) is 25.7 Å². The van der Waals surface area contributed by atoms with Crippen LogP contribution >= 0.6 is 46.4 Å². The van der Waals surface area contributed by atoms with Gasteiger partial charge in [-0.3, -0.25) is 4.79 Å². The average molecular weight is 346 g/mol. The van der Waals surface area contributed by atoms with Crippen molar-refractivity contribution in [1.29, 1.82) is 0 Å². The number of carbonyl (C=O) groups is 1. The molecule has 0 saturated heterocycles. The second kappa shape index (κ2) is 5.28. The molecule has 0 bridgehead atoms. The van der Waals surface area contributed by atoms with Crippen molar-refractivity contribution in [3.63, 3.8) is 0 Å². The number of carbonyl (C=O) groups excluding carboxylic acids is 1. The van der Waals surface area contributed by atoms with Gasteiger partial charge in [-0.15, -0.1) is 13.2 Å². The molecule has 0 aliphatic carbocycles. The van der Waals surface area contributed by atoms with E-state index >= 15 is 0 Å². The van der Waals surface area contributed by atoms with Crippen LogP contribution in [0.25, 0.3) is 0 Å². The molecule has 1 aromatic rings. The SMILES string of the molecule is O=C(F)c1c(Cl)c(Cl)c(Cl)c(OC(F)(F)F)c1Cl. The topological polar surface area (TPSA) is 26.3 Å². The molecule has 100 valence electrons. The van der Waals surface area contributed by atoms with Crippen LogP contribution in [0.2, 0.25) is 20.1 Å². The molecule has 0 aromatic heterocycles. The fourth-order valence-corrected chi connectivity index (χ4v) is 2.11. The van der Waals surface area contributed by atoms with Crippen LogP contribution < -0.4 is 4.74 Å². The molecular formula is C8Cl4F4O2. The standard InChI is InChI=1S/C8Cl4F4O2/c9-2-1(7(13)17)3(10)6(5(12)4(2)11)18-8(14,15)16. The first-order valence-corrected chi connectivity index (χ1v) is 5.39. The Morgan fingerprint density at radius 2 is 1.44 bits per heavy atom. The van der Waals surface area contributed by atoms with Crippen LogP contribution in [-0.4, -0.2) is 12.4 Å². The largest absolute Gasteiger partial charge is 0.573 e. The normalized spacial score (nSPS) is 11.6. The summed E-state index contributed by atoms with van der Waals surface area (Å²) in [4.78, 5) is 10.6. The smallest absolute Gasteiger partial charge is 0.403 e. The predicted octanol–water partition coefficient (Wildman–Crippen LogP) is 5.31. The maximum absolute atomic E-state index is 12.6. The maximum Gasteiger partial charge on any atom is 0.573 e. The van der Waals surface area contributed by atoms with Crippen molar-refractivity contribution in [2.45, 2.75) is 6.36 Å². The van der Waals surface area contributed by atoms with E-state index in [1.807, 2.05) is 0 Å². The summed E-state index contributed by atoms with van der Waals surface area (Å²) in [6.45, 7) is 0. The number of ether oxygens (including phenoxy) is 1. The van der Waals surface area contributed by atoms with Crippen molar-refractivity contribution in [1.82, 2.24) is 0 Å². The summed E-state index contributed by atoms with van der Waals surface area (Å²) in [5, 5.41) is -3.18. The summed E-state index contributed by atoms with van der Waals surface area (Å²) in [7, 11) is 0. The van der Waals surface area contributed by atoms with E-state index in [4.69, 9.17) is 46.4 Å². The maximum atomic E-state index is 12.6. The van der Waals surface area contributed by atoms with E-state index in [0.29, 0.717) is 0 Å². The fourth-order valence-electron chi connectivity index (χ4n) is 0.990. The fraction of sp³-hybridized carbons (Fsp3) is 0.125. The summed E-state index contributed by atoms with van der Waals surface area (Å²) >= 11 is 21.7. The highest BCUT2D eigenvalue weighted by Crippen LogP contribution is 2.47. The van der Waals surface area contributed by atoms with Crippen LogP contribution in [-0.2, 0) is 0 Å². The van der Waals surface area contributed by atoms with Gasteiger partial charge in [-0.25, -0.2) is 0 Å². The minimum absolute atomic E-state index is 0.678. The molecular weight excluding hydrogens is 346 g/mol. The van der Waals surface area contributed by atoms with Crippen LogP contribution in [0.1, 0.15) is 10.4 Å². The molecule has 0 N–H and O–H groups in total. The highest BCUT2D eigenvalue weighted by molar-refractivity contribution is 6.52. The number of alkyl halides is 3. The molecule has 0 aliphatic rings. The van der Waals surface area contributed by atoms with Crippen molar-refractivity contribution in [2.24, 2.45) is 0 Å². The molecule has 0 atom stereocenters. The third kappa shape index (κ3) is 3.12. The molecule has 0 heterocycles. The molecule has 0 aliphatic heterocycles. The molecule has 10 heteroatoms. The summed E-state index contributed by atoms with van der Waals surface area (Å²) in [6, 6.07) is -2.17. The number of halogens is 8. The first-order chi connectivity index (χ1) is 8.06. The lowest BCUT2D eigenvalue weighted by Gasteiger charge is -2.15. The Labute approximate surface area is 117 Å². The van der Waals surface area contributed by atoms with E-state index in [1.165, 1.54) is 0 Å². The average Bonchev–Trinajstić information content (AvgIpc) is 2.20. The molecule has 0 fully saturated rings. The minimum atomic E-state index is -5.15. The summed E-state index contributed by atoms with van der Waals surface area (Å²) in [5.74, 6) is -1.19.